The third-order valence-electron chi connectivity index (χ3n) is 4.75. The van der Waals surface area contributed by atoms with Gasteiger partial charge in [-0.1, -0.05) is 12.1 Å². The number of hydrogen-bond donors (Lipinski definition) is 1. The summed E-state index contributed by atoms with van der Waals surface area (Å²) in [5.41, 5.74) is 6.76. The van der Waals surface area contributed by atoms with Gasteiger partial charge in [0.05, 0.1) is 5.69 Å². The summed E-state index contributed by atoms with van der Waals surface area (Å²) in [6.07, 6.45) is 1.97. The Labute approximate surface area is 175 Å². The highest BCUT2D eigenvalue weighted by atomic mass is 32.2. The van der Waals surface area contributed by atoms with Gasteiger partial charge in [0.15, 0.2) is 17.2 Å². The lowest BCUT2D eigenvalue weighted by atomic mass is 10.2. The molecule has 2 N–H and O–H groups in total. The summed E-state index contributed by atoms with van der Waals surface area (Å²) < 4.78 is 16.2. The van der Waals surface area contributed by atoms with Crippen LogP contribution in [-0.2, 0) is 6.54 Å². The van der Waals surface area contributed by atoms with Crippen molar-refractivity contribution in [3.05, 3.63) is 70.5 Å². The summed E-state index contributed by atoms with van der Waals surface area (Å²) in [5, 5.41) is 0. The van der Waals surface area contributed by atoms with E-state index in [1.54, 1.807) is 18.7 Å². The average molecular weight is 423 g/mol. The first-order valence-electron chi connectivity index (χ1n) is 9.18. The maximum absolute atomic E-state index is 13.4. The second-order valence-corrected chi connectivity index (χ2v) is 7.38. The molecule has 0 bridgehead atoms. The molecule has 0 radical (unpaired) electrons. The molecule has 2 aromatic carbocycles. The minimum atomic E-state index is -0.761. The molecule has 2 heterocycles. The van der Waals surface area contributed by atoms with Crippen LogP contribution in [-0.4, -0.2) is 31.3 Å². The molecule has 0 aliphatic carbocycles. The Kier molecular flexibility index (Phi) is 5.13. The van der Waals surface area contributed by atoms with Crippen molar-refractivity contribution in [1.29, 1.82) is 0 Å². The van der Waals surface area contributed by atoms with Crippen molar-refractivity contribution >= 4 is 28.8 Å². The molecule has 7 nitrogen and oxygen atoms in total. The molecule has 0 atom stereocenters. The van der Waals surface area contributed by atoms with Crippen molar-refractivity contribution in [3.8, 4) is 17.1 Å². The fraction of sp³-hybridized carbons (Fsp3) is 0.143. The van der Waals surface area contributed by atoms with E-state index in [0.29, 0.717) is 11.3 Å². The van der Waals surface area contributed by atoms with E-state index < -0.39 is 17.4 Å². The summed E-state index contributed by atoms with van der Waals surface area (Å²) in [6, 6.07) is 13.0. The largest absolute Gasteiger partial charge is 0.364 e. The molecular formula is C21H18FN5O2S. The molecule has 0 aliphatic rings. The van der Waals surface area contributed by atoms with Crippen LogP contribution in [0, 0.1) is 5.82 Å². The van der Waals surface area contributed by atoms with Crippen LogP contribution in [0.3, 0.4) is 0 Å². The Morgan fingerprint density at radius 3 is 2.33 bits per heavy atom. The number of aryl methyl sites for hydroxylation is 1. The maximum Gasteiger partial charge on any atom is 0.335 e. The van der Waals surface area contributed by atoms with Crippen LogP contribution < -0.4 is 11.4 Å². The number of rotatable bonds is 5. The van der Waals surface area contributed by atoms with E-state index in [1.165, 1.54) is 33.4 Å². The van der Waals surface area contributed by atoms with Gasteiger partial charge >= 0.3 is 5.69 Å². The van der Waals surface area contributed by atoms with E-state index in [9.17, 15) is 14.0 Å². The number of nitrogens with zero attached hydrogens (tertiary/aromatic N) is 4. The van der Waals surface area contributed by atoms with Gasteiger partial charge in [-0.3, -0.25) is 9.36 Å². The molecule has 9 heteroatoms. The minimum absolute atomic E-state index is 0.0382. The molecule has 0 aliphatic heterocycles. The first-order chi connectivity index (χ1) is 14.4. The highest BCUT2D eigenvalue weighted by Crippen LogP contribution is 2.25. The van der Waals surface area contributed by atoms with Gasteiger partial charge in [0.25, 0.3) is 5.91 Å². The number of primary amides is 1. The fourth-order valence-electron chi connectivity index (χ4n) is 3.31. The monoisotopic (exact) mass is 423 g/mol. The Morgan fingerprint density at radius 2 is 1.77 bits per heavy atom. The number of aromatic nitrogens is 4. The van der Waals surface area contributed by atoms with Crippen LogP contribution in [0.1, 0.15) is 17.4 Å². The normalized spacial score (nSPS) is 11.2. The van der Waals surface area contributed by atoms with Gasteiger partial charge in [0.1, 0.15) is 11.3 Å². The van der Waals surface area contributed by atoms with Crippen molar-refractivity contribution in [2.24, 2.45) is 5.73 Å². The number of imidazole rings is 1. The van der Waals surface area contributed by atoms with Crippen LogP contribution in [0.15, 0.2) is 58.2 Å². The van der Waals surface area contributed by atoms with E-state index in [2.05, 4.69) is 9.97 Å². The highest BCUT2D eigenvalue weighted by Gasteiger charge is 2.23. The number of benzene rings is 2. The maximum atomic E-state index is 13.4. The van der Waals surface area contributed by atoms with Gasteiger partial charge in [-0.2, -0.15) is 0 Å². The second-order valence-electron chi connectivity index (χ2n) is 6.50. The fourth-order valence-corrected chi connectivity index (χ4v) is 3.72. The Hall–Kier alpha value is -3.46. The molecule has 4 rings (SSSR count). The second kappa shape index (κ2) is 7.75. The van der Waals surface area contributed by atoms with Crippen molar-refractivity contribution in [3.63, 3.8) is 0 Å². The number of carbonyl (C=O) groups is 1. The number of nitrogens with two attached hydrogens (primary N) is 1. The summed E-state index contributed by atoms with van der Waals surface area (Å²) in [5.74, 6) is -0.913. The molecule has 0 spiro atoms. The van der Waals surface area contributed by atoms with E-state index >= 15 is 0 Å². The zero-order valence-electron chi connectivity index (χ0n) is 16.3. The van der Waals surface area contributed by atoms with Crippen molar-refractivity contribution in [2.75, 3.05) is 6.26 Å². The SMILES string of the molecule is CCn1c(=O)n(-c2ccc(F)cc2)c2nc(-c3ccc(SC)cc3)nc(C(N)=O)c21. The average Bonchev–Trinajstić information content (AvgIpc) is 3.04. The lowest BCUT2D eigenvalue weighted by Crippen LogP contribution is -2.23. The zero-order valence-corrected chi connectivity index (χ0v) is 17.1. The molecule has 30 heavy (non-hydrogen) atoms. The summed E-state index contributed by atoms with van der Waals surface area (Å²) in [7, 11) is 0. The molecule has 1 amide bonds. The minimum Gasteiger partial charge on any atom is -0.364 e. The van der Waals surface area contributed by atoms with Crippen LogP contribution in [0.5, 0.6) is 0 Å². The number of carbonyl (C=O) groups excluding carboxylic acids is 1. The Morgan fingerprint density at radius 1 is 1.10 bits per heavy atom. The smallest absolute Gasteiger partial charge is 0.335 e. The molecule has 0 unspecified atom stereocenters. The van der Waals surface area contributed by atoms with Crippen molar-refractivity contribution < 1.29 is 9.18 Å². The van der Waals surface area contributed by atoms with E-state index in [4.69, 9.17) is 5.73 Å². The molecule has 0 fully saturated rings. The van der Waals surface area contributed by atoms with Gasteiger partial charge in [0, 0.05) is 17.0 Å². The van der Waals surface area contributed by atoms with Gasteiger partial charge in [0.2, 0.25) is 0 Å². The molecule has 0 saturated carbocycles. The molecular weight excluding hydrogens is 405 g/mol. The molecule has 4 aromatic rings. The highest BCUT2D eigenvalue weighted by molar-refractivity contribution is 7.98. The van der Waals surface area contributed by atoms with Crippen LogP contribution >= 0.6 is 11.8 Å². The number of fused-ring (bicyclic) bond motifs is 1. The predicted molar refractivity (Wildman–Crippen MR) is 114 cm³/mol. The zero-order chi connectivity index (χ0) is 21.4. The first-order valence-corrected chi connectivity index (χ1v) is 10.4. The Bertz CT molecular complexity index is 1310. The van der Waals surface area contributed by atoms with Gasteiger partial charge in [-0.05, 0) is 49.6 Å². The Balaban J connectivity index is 2.07. The third kappa shape index (κ3) is 3.26. The summed E-state index contributed by atoms with van der Waals surface area (Å²) in [6.45, 7) is 2.06. The molecule has 0 saturated heterocycles. The third-order valence-corrected chi connectivity index (χ3v) is 5.50. The van der Waals surface area contributed by atoms with E-state index in [1.807, 2.05) is 30.5 Å². The summed E-state index contributed by atoms with van der Waals surface area (Å²) >= 11 is 1.60. The van der Waals surface area contributed by atoms with Gasteiger partial charge < -0.3 is 5.73 Å². The van der Waals surface area contributed by atoms with Crippen molar-refractivity contribution in [2.45, 2.75) is 18.4 Å². The lowest BCUT2D eigenvalue weighted by Gasteiger charge is -2.07. The molecule has 2 aromatic heterocycles. The quantitative estimate of drug-likeness (QED) is 0.497. The van der Waals surface area contributed by atoms with E-state index in [0.717, 1.165) is 4.90 Å². The standard InChI is InChI=1S/C21H18FN5O2S/c1-3-26-17-16(18(23)28)24-19(12-4-10-15(30-2)11-5-12)25-20(17)27(21(26)29)14-8-6-13(22)7-9-14/h4-11H,3H2,1-2H3,(H2,23,28). The number of thioether (sulfide) groups is 1. The predicted octanol–water partition coefficient (Wildman–Crippen LogP) is 3.23. The summed E-state index contributed by atoms with van der Waals surface area (Å²) in [4.78, 5) is 35.4. The number of hydrogen-bond acceptors (Lipinski definition) is 5. The van der Waals surface area contributed by atoms with Crippen molar-refractivity contribution in [1.82, 2.24) is 19.1 Å². The topological polar surface area (TPSA) is 95.8 Å². The lowest BCUT2D eigenvalue weighted by molar-refractivity contribution is 0.0997. The van der Waals surface area contributed by atoms with Crippen LogP contribution in [0.2, 0.25) is 0 Å². The van der Waals surface area contributed by atoms with Crippen LogP contribution in [0.25, 0.3) is 28.2 Å². The van der Waals surface area contributed by atoms with Crippen LogP contribution in [0.4, 0.5) is 4.39 Å². The number of amides is 1. The first kappa shape index (κ1) is 19.8. The number of halogens is 1. The van der Waals surface area contributed by atoms with E-state index in [-0.39, 0.29) is 29.2 Å². The van der Waals surface area contributed by atoms with Gasteiger partial charge in [-0.15, -0.1) is 11.8 Å². The van der Waals surface area contributed by atoms with Gasteiger partial charge in [-0.25, -0.2) is 23.7 Å². The molecule has 152 valence electrons.